The predicted octanol–water partition coefficient (Wildman–Crippen LogP) is 4.64. The summed E-state index contributed by atoms with van der Waals surface area (Å²) in [6.07, 6.45) is 5.89. The van der Waals surface area contributed by atoms with E-state index in [0.717, 1.165) is 34.3 Å². The van der Waals surface area contributed by atoms with E-state index in [1.54, 1.807) is 29.3 Å². The molecule has 1 aliphatic carbocycles. The van der Waals surface area contributed by atoms with Crippen LogP contribution in [0.25, 0.3) is 22.2 Å². The van der Waals surface area contributed by atoms with Gasteiger partial charge in [0.15, 0.2) is 11.0 Å². The van der Waals surface area contributed by atoms with Gasteiger partial charge in [0.25, 0.3) is 5.89 Å². The lowest BCUT2D eigenvalue weighted by Gasteiger charge is -2.10. The highest BCUT2D eigenvalue weighted by atomic mass is 32.2. The molecule has 0 radical (unpaired) electrons. The zero-order valence-electron chi connectivity index (χ0n) is 14.5. The number of nitrogens with zero attached hydrogens (tertiary/aromatic N) is 6. The molecule has 4 aromatic rings. The van der Waals surface area contributed by atoms with Gasteiger partial charge in [0.2, 0.25) is 5.89 Å². The van der Waals surface area contributed by atoms with E-state index in [9.17, 15) is 0 Å². The average molecular weight is 397 g/mol. The van der Waals surface area contributed by atoms with Gasteiger partial charge in [0, 0.05) is 24.0 Å². The lowest BCUT2D eigenvalue weighted by molar-refractivity contribution is 0.509. The van der Waals surface area contributed by atoms with Crippen molar-refractivity contribution in [3.05, 3.63) is 47.9 Å². The number of hydrogen-bond acceptors (Lipinski definition) is 8. The first kappa shape index (κ1) is 16.6. The maximum Gasteiger partial charge on any atom is 0.257 e. The number of thioether (sulfide) groups is 1. The zero-order chi connectivity index (χ0) is 18.2. The molecule has 5 rings (SSSR count). The first-order valence-corrected chi connectivity index (χ1v) is 10.4. The van der Waals surface area contributed by atoms with E-state index in [-0.39, 0.29) is 5.25 Å². The van der Waals surface area contributed by atoms with Crippen LogP contribution in [0.3, 0.4) is 0 Å². The Morgan fingerprint density at radius 1 is 1.19 bits per heavy atom. The Kier molecular flexibility index (Phi) is 4.25. The van der Waals surface area contributed by atoms with Crippen molar-refractivity contribution in [3.63, 3.8) is 0 Å². The molecule has 0 saturated heterocycles. The van der Waals surface area contributed by atoms with Crippen LogP contribution < -0.4 is 0 Å². The molecular weight excluding hydrogens is 380 g/mol. The molecule has 1 atom stereocenters. The summed E-state index contributed by atoms with van der Waals surface area (Å²) in [7, 11) is 0. The van der Waals surface area contributed by atoms with Gasteiger partial charge in [-0.2, -0.15) is 0 Å². The number of thiophene rings is 1. The Hall–Kier alpha value is -2.52. The van der Waals surface area contributed by atoms with Crippen molar-refractivity contribution in [1.29, 1.82) is 0 Å². The minimum Gasteiger partial charge on any atom is -0.419 e. The van der Waals surface area contributed by atoms with Gasteiger partial charge in [-0.15, -0.1) is 31.7 Å². The molecule has 4 aromatic heterocycles. The van der Waals surface area contributed by atoms with Crippen molar-refractivity contribution in [1.82, 2.24) is 29.9 Å². The van der Waals surface area contributed by atoms with Crippen molar-refractivity contribution in [3.8, 4) is 22.2 Å². The molecule has 1 fully saturated rings. The first-order chi connectivity index (χ1) is 13.3. The molecular formula is C18H16N6OS2. The molecule has 0 unspecified atom stereocenters. The number of rotatable bonds is 6. The summed E-state index contributed by atoms with van der Waals surface area (Å²) in [6, 6.07) is 8.33. The van der Waals surface area contributed by atoms with Crippen LogP contribution in [0.15, 0.2) is 51.6 Å². The van der Waals surface area contributed by atoms with Crippen LogP contribution in [0.2, 0.25) is 0 Å². The summed E-state index contributed by atoms with van der Waals surface area (Å²) in [6.45, 7) is 2.05. The number of pyridine rings is 1. The number of hydrogen-bond donors (Lipinski definition) is 0. The van der Waals surface area contributed by atoms with Crippen molar-refractivity contribution in [2.24, 2.45) is 0 Å². The lowest BCUT2D eigenvalue weighted by atomic mass is 10.3. The van der Waals surface area contributed by atoms with Gasteiger partial charge in [0.05, 0.1) is 10.1 Å². The normalized spacial score (nSPS) is 15.1. The van der Waals surface area contributed by atoms with E-state index in [1.165, 1.54) is 0 Å². The summed E-state index contributed by atoms with van der Waals surface area (Å²) < 4.78 is 8.09. The van der Waals surface area contributed by atoms with Crippen LogP contribution in [-0.4, -0.2) is 29.9 Å². The summed E-state index contributed by atoms with van der Waals surface area (Å²) >= 11 is 3.18. The molecule has 0 N–H and O–H groups in total. The molecule has 4 heterocycles. The monoisotopic (exact) mass is 396 g/mol. The first-order valence-electron chi connectivity index (χ1n) is 8.69. The Morgan fingerprint density at radius 3 is 2.85 bits per heavy atom. The fraction of sp³-hybridized carbons (Fsp3) is 0.278. The molecule has 0 aliphatic heterocycles. The molecule has 27 heavy (non-hydrogen) atoms. The van der Waals surface area contributed by atoms with Crippen LogP contribution in [0, 0.1) is 0 Å². The van der Waals surface area contributed by atoms with Crippen LogP contribution in [0.5, 0.6) is 0 Å². The Bertz CT molecular complexity index is 1040. The lowest BCUT2D eigenvalue weighted by Crippen LogP contribution is -2.01. The second kappa shape index (κ2) is 6.90. The minimum atomic E-state index is -0.0188. The third-order valence-electron chi connectivity index (χ3n) is 4.30. The van der Waals surface area contributed by atoms with Gasteiger partial charge in [-0.1, -0.05) is 17.8 Å². The summed E-state index contributed by atoms with van der Waals surface area (Å²) in [5.74, 6) is 2.02. The third-order valence-corrected chi connectivity index (χ3v) is 6.20. The van der Waals surface area contributed by atoms with E-state index < -0.39 is 0 Å². The molecule has 7 nitrogen and oxygen atoms in total. The Balaban J connectivity index is 1.42. The summed E-state index contributed by atoms with van der Waals surface area (Å²) in [4.78, 5) is 5.18. The second-order valence-electron chi connectivity index (χ2n) is 6.33. The summed E-state index contributed by atoms with van der Waals surface area (Å²) in [5.41, 5.74) is 0.981. The minimum absolute atomic E-state index is 0.0188. The average Bonchev–Trinajstić information content (AvgIpc) is 3.11. The molecule has 0 amide bonds. The van der Waals surface area contributed by atoms with Crippen molar-refractivity contribution >= 4 is 23.1 Å². The van der Waals surface area contributed by atoms with Crippen LogP contribution in [0.1, 0.15) is 36.9 Å². The second-order valence-corrected chi connectivity index (χ2v) is 8.59. The van der Waals surface area contributed by atoms with Crippen LogP contribution in [0.4, 0.5) is 0 Å². The highest BCUT2D eigenvalue weighted by Crippen LogP contribution is 2.43. The number of aromatic nitrogens is 6. The maximum atomic E-state index is 5.87. The van der Waals surface area contributed by atoms with Crippen molar-refractivity contribution in [2.75, 3.05) is 0 Å². The van der Waals surface area contributed by atoms with Gasteiger partial charge >= 0.3 is 0 Å². The fourth-order valence-corrected chi connectivity index (χ4v) is 4.41. The smallest absolute Gasteiger partial charge is 0.257 e. The van der Waals surface area contributed by atoms with Crippen LogP contribution in [-0.2, 0) is 0 Å². The molecule has 1 saturated carbocycles. The highest BCUT2D eigenvalue weighted by Gasteiger charge is 2.31. The van der Waals surface area contributed by atoms with Gasteiger partial charge in [-0.25, -0.2) is 0 Å². The molecule has 1 aliphatic rings. The Morgan fingerprint density at radius 2 is 2.11 bits per heavy atom. The van der Waals surface area contributed by atoms with Gasteiger partial charge in [0.1, 0.15) is 0 Å². The predicted molar refractivity (Wildman–Crippen MR) is 103 cm³/mol. The standard InChI is InChI=1S/C18H16N6OS2/c1-11(16-21-22-17(25-16)14-5-3-9-26-14)27-18-23-20-15(24(18)13-6-7-13)12-4-2-8-19-10-12/h2-5,8-11,13H,6-7H2,1H3/t11-/m1/s1. The molecule has 136 valence electrons. The van der Waals surface area contributed by atoms with E-state index in [1.807, 2.05) is 42.8 Å². The van der Waals surface area contributed by atoms with E-state index >= 15 is 0 Å². The largest absolute Gasteiger partial charge is 0.419 e. The topological polar surface area (TPSA) is 82.5 Å². The van der Waals surface area contributed by atoms with Gasteiger partial charge in [-0.3, -0.25) is 9.55 Å². The highest BCUT2D eigenvalue weighted by molar-refractivity contribution is 7.99. The van der Waals surface area contributed by atoms with Crippen molar-refractivity contribution < 1.29 is 4.42 Å². The fourth-order valence-electron chi connectivity index (χ4n) is 2.82. The van der Waals surface area contributed by atoms with E-state index in [0.29, 0.717) is 17.8 Å². The maximum absolute atomic E-state index is 5.87. The SMILES string of the molecule is C[C@@H](Sc1nnc(-c2cccnc2)n1C1CC1)c1nnc(-c2cccs2)o1. The van der Waals surface area contributed by atoms with Crippen molar-refractivity contribution in [2.45, 2.75) is 36.2 Å². The van der Waals surface area contributed by atoms with E-state index in [2.05, 4.69) is 29.9 Å². The molecule has 0 aromatic carbocycles. The zero-order valence-corrected chi connectivity index (χ0v) is 16.2. The van der Waals surface area contributed by atoms with Gasteiger partial charge in [-0.05, 0) is 43.3 Å². The third kappa shape index (κ3) is 3.28. The summed E-state index contributed by atoms with van der Waals surface area (Å²) in [5, 5.41) is 20.1. The van der Waals surface area contributed by atoms with Crippen LogP contribution >= 0.6 is 23.1 Å². The molecule has 0 spiro atoms. The molecule has 9 heteroatoms. The van der Waals surface area contributed by atoms with E-state index in [4.69, 9.17) is 4.42 Å². The Labute approximate surface area is 163 Å². The molecule has 0 bridgehead atoms. The van der Waals surface area contributed by atoms with Gasteiger partial charge < -0.3 is 4.42 Å². The quantitative estimate of drug-likeness (QED) is 0.439.